The van der Waals surface area contributed by atoms with Gasteiger partial charge in [-0.05, 0) is 24.5 Å². The number of sulfonamides is 1. The maximum Gasteiger partial charge on any atom is 0.237 e. The van der Waals surface area contributed by atoms with E-state index in [4.69, 9.17) is 10.5 Å². The summed E-state index contributed by atoms with van der Waals surface area (Å²) in [6.45, 7) is 1.34. The van der Waals surface area contributed by atoms with Gasteiger partial charge in [-0.2, -0.15) is 0 Å². The summed E-state index contributed by atoms with van der Waals surface area (Å²) >= 11 is 0. The average molecular weight is 284 g/mol. The molecule has 0 unspecified atom stereocenters. The number of ether oxygens (including phenoxy) is 1. The Bertz CT molecular complexity index is 524. The van der Waals surface area contributed by atoms with Crippen LogP contribution in [0, 0.1) is 0 Å². The lowest BCUT2D eigenvalue weighted by Crippen LogP contribution is -2.39. The number of hydrogen-bond donors (Lipinski definition) is 1. The Labute approximate surface area is 114 Å². The van der Waals surface area contributed by atoms with Crippen LogP contribution in [0.2, 0.25) is 0 Å². The van der Waals surface area contributed by atoms with E-state index in [1.165, 1.54) is 4.31 Å². The van der Waals surface area contributed by atoms with Crippen molar-refractivity contribution in [3.8, 4) is 0 Å². The molecule has 0 aromatic heterocycles. The van der Waals surface area contributed by atoms with Crippen molar-refractivity contribution in [1.82, 2.24) is 0 Å². The Hall–Kier alpha value is -1.11. The Morgan fingerprint density at radius 1 is 1.32 bits per heavy atom. The molecule has 0 bridgehead atoms. The Morgan fingerprint density at radius 3 is 2.58 bits per heavy atom. The molecular formula is C13H20N2O3S. The van der Waals surface area contributed by atoms with E-state index < -0.39 is 10.0 Å². The van der Waals surface area contributed by atoms with Crippen LogP contribution in [-0.4, -0.2) is 33.9 Å². The van der Waals surface area contributed by atoms with Gasteiger partial charge in [-0.15, -0.1) is 0 Å². The molecule has 5 nitrogen and oxygen atoms in total. The predicted molar refractivity (Wildman–Crippen MR) is 75.5 cm³/mol. The number of hydrogen-bond acceptors (Lipinski definition) is 4. The Kier molecular flexibility index (Phi) is 4.44. The van der Waals surface area contributed by atoms with Crippen LogP contribution in [0.3, 0.4) is 0 Å². The second-order valence-electron chi connectivity index (χ2n) is 4.66. The van der Waals surface area contributed by atoms with Gasteiger partial charge in [-0.25, -0.2) is 8.42 Å². The molecule has 0 spiro atoms. The molecule has 0 aliphatic carbocycles. The van der Waals surface area contributed by atoms with Crippen LogP contribution < -0.4 is 10.0 Å². The van der Waals surface area contributed by atoms with Gasteiger partial charge >= 0.3 is 0 Å². The number of para-hydroxylation sites is 1. The van der Waals surface area contributed by atoms with Crippen LogP contribution in [0.25, 0.3) is 0 Å². The fraction of sp³-hybridized carbons (Fsp3) is 0.538. The van der Waals surface area contributed by atoms with E-state index in [2.05, 4.69) is 0 Å². The van der Waals surface area contributed by atoms with E-state index in [-0.39, 0.29) is 5.25 Å². The van der Waals surface area contributed by atoms with Gasteiger partial charge < -0.3 is 10.5 Å². The lowest BCUT2D eigenvalue weighted by atomic mass is 10.2. The molecule has 106 valence electrons. The summed E-state index contributed by atoms with van der Waals surface area (Å²) in [5.74, 6) is 0. The average Bonchev–Trinajstić information content (AvgIpc) is 2.47. The molecule has 0 saturated carbocycles. The number of rotatable bonds is 4. The molecule has 19 heavy (non-hydrogen) atoms. The molecule has 6 heteroatoms. The zero-order valence-corrected chi connectivity index (χ0v) is 11.9. The number of nitrogens with two attached hydrogens (primary N) is 1. The topological polar surface area (TPSA) is 72.6 Å². The monoisotopic (exact) mass is 284 g/mol. The zero-order chi connectivity index (χ0) is 13.9. The molecule has 2 N–H and O–H groups in total. The van der Waals surface area contributed by atoms with Crippen LogP contribution in [0.15, 0.2) is 24.3 Å². The van der Waals surface area contributed by atoms with Gasteiger partial charge in [0.2, 0.25) is 10.0 Å². The molecule has 1 fully saturated rings. The third-order valence-electron chi connectivity index (χ3n) is 3.52. The molecule has 2 rings (SSSR count). The standard InChI is InChI=1S/C13H20N2O3S/c1-15(13-5-3-2-4-11(13)10-14)19(16,17)12-6-8-18-9-7-12/h2-5,12H,6-10,14H2,1H3. The van der Waals surface area contributed by atoms with Crippen LogP contribution in [0.4, 0.5) is 5.69 Å². The van der Waals surface area contributed by atoms with Crippen LogP contribution in [0.5, 0.6) is 0 Å². The van der Waals surface area contributed by atoms with Gasteiger partial charge in [0.1, 0.15) is 0 Å². The van der Waals surface area contributed by atoms with E-state index in [0.29, 0.717) is 38.3 Å². The molecule has 1 saturated heterocycles. The van der Waals surface area contributed by atoms with Gasteiger partial charge in [0.15, 0.2) is 0 Å². The van der Waals surface area contributed by atoms with E-state index in [9.17, 15) is 8.42 Å². The van der Waals surface area contributed by atoms with Gasteiger partial charge in [-0.3, -0.25) is 4.31 Å². The maximum atomic E-state index is 12.6. The molecule has 1 aliphatic rings. The molecule has 1 aliphatic heterocycles. The highest BCUT2D eigenvalue weighted by molar-refractivity contribution is 7.93. The van der Waals surface area contributed by atoms with Crippen LogP contribution in [-0.2, 0) is 21.3 Å². The van der Waals surface area contributed by atoms with Crippen molar-refractivity contribution in [2.75, 3.05) is 24.6 Å². The lowest BCUT2D eigenvalue weighted by molar-refractivity contribution is 0.0983. The summed E-state index contributed by atoms with van der Waals surface area (Å²) in [6, 6.07) is 7.33. The third-order valence-corrected chi connectivity index (χ3v) is 5.80. The summed E-state index contributed by atoms with van der Waals surface area (Å²) in [6.07, 6.45) is 1.11. The number of anilines is 1. The van der Waals surface area contributed by atoms with Gasteiger partial charge in [0, 0.05) is 26.8 Å². The minimum absolute atomic E-state index is 0.323. The van der Waals surface area contributed by atoms with Crippen LogP contribution >= 0.6 is 0 Å². The lowest BCUT2D eigenvalue weighted by Gasteiger charge is -2.29. The quantitative estimate of drug-likeness (QED) is 0.898. The predicted octanol–water partition coefficient (Wildman–Crippen LogP) is 1.09. The SMILES string of the molecule is CN(c1ccccc1CN)S(=O)(=O)C1CCOCC1. The van der Waals surface area contributed by atoms with E-state index in [1.807, 2.05) is 18.2 Å². The van der Waals surface area contributed by atoms with Crippen molar-refractivity contribution in [2.24, 2.45) is 5.73 Å². The van der Waals surface area contributed by atoms with Crippen molar-refractivity contribution in [1.29, 1.82) is 0 Å². The molecular weight excluding hydrogens is 264 g/mol. The van der Waals surface area contributed by atoms with E-state index in [0.717, 1.165) is 5.56 Å². The Morgan fingerprint density at radius 2 is 1.95 bits per heavy atom. The Balaban J connectivity index is 2.29. The fourth-order valence-corrected chi connectivity index (χ4v) is 4.01. The highest BCUT2D eigenvalue weighted by Crippen LogP contribution is 2.26. The first kappa shape index (κ1) is 14.3. The molecule has 1 heterocycles. The third kappa shape index (κ3) is 2.91. The molecule has 0 atom stereocenters. The summed E-state index contributed by atoms with van der Waals surface area (Å²) in [4.78, 5) is 0. The minimum Gasteiger partial charge on any atom is -0.381 e. The first-order valence-electron chi connectivity index (χ1n) is 6.41. The second kappa shape index (κ2) is 5.90. The van der Waals surface area contributed by atoms with E-state index >= 15 is 0 Å². The smallest absolute Gasteiger partial charge is 0.237 e. The summed E-state index contributed by atoms with van der Waals surface area (Å²) in [5, 5.41) is -0.364. The fourth-order valence-electron chi connectivity index (χ4n) is 2.33. The molecule has 0 radical (unpaired) electrons. The highest BCUT2D eigenvalue weighted by atomic mass is 32.2. The first-order chi connectivity index (χ1) is 9.07. The van der Waals surface area contributed by atoms with Crippen molar-refractivity contribution in [3.05, 3.63) is 29.8 Å². The van der Waals surface area contributed by atoms with Crippen molar-refractivity contribution in [3.63, 3.8) is 0 Å². The number of benzene rings is 1. The molecule has 1 aromatic carbocycles. The summed E-state index contributed by atoms with van der Waals surface area (Å²) in [5.41, 5.74) is 7.17. The van der Waals surface area contributed by atoms with Crippen molar-refractivity contribution < 1.29 is 13.2 Å². The van der Waals surface area contributed by atoms with Gasteiger partial charge in [0.05, 0.1) is 10.9 Å². The zero-order valence-electron chi connectivity index (χ0n) is 11.1. The van der Waals surface area contributed by atoms with Crippen LogP contribution in [0.1, 0.15) is 18.4 Å². The van der Waals surface area contributed by atoms with E-state index in [1.54, 1.807) is 13.1 Å². The van der Waals surface area contributed by atoms with Crippen molar-refractivity contribution >= 4 is 15.7 Å². The first-order valence-corrected chi connectivity index (χ1v) is 7.91. The normalized spacial score (nSPS) is 17.4. The summed E-state index contributed by atoms with van der Waals surface area (Å²) < 4.78 is 31.8. The molecule has 0 amide bonds. The highest BCUT2D eigenvalue weighted by Gasteiger charge is 2.32. The maximum absolute atomic E-state index is 12.6. The second-order valence-corrected chi connectivity index (χ2v) is 6.90. The van der Waals surface area contributed by atoms with Crippen molar-refractivity contribution in [2.45, 2.75) is 24.6 Å². The van der Waals surface area contributed by atoms with Gasteiger partial charge in [-0.1, -0.05) is 18.2 Å². The minimum atomic E-state index is -3.35. The largest absolute Gasteiger partial charge is 0.381 e. The van der Waals surface area contributed by atoms with Gasteiger partial charge in [0.25, 0.3) is 0 Å². The number of nitrogens with zero attached hydrogens (tertiary/aromatic N) is 1. The molecule has 1 aromatic rings. The summed E-state index contributed by atoms with van der Waals surface area (Å²) in [7, 11) is -1.75.